The Morgan fingerprint density at radius 1 is 1.47 bits per heavy atom. The SMILES string of the molecule is CN1c2ccccc2NC(=O)C1CCN. The third-order valence-corrected chi connectivity index (χ3v) is 2.75. The molecule has 0 bridgehead atoms. The van der Waals surface area contributed by atoms with Crippen LogP contribution in [0.5, 0.6) is 0 Å². The van der Waals surface area contributed by atoms with Crippen LogP contribution in [0, 0.1) is 0 Å². The third kappa shape index (κ3) is 1.68. The second-order valence-corrected chi connectivity index (χ2v) is 3.71. The highest BCUT2D eigenvalue weighted by Crippen LogP contribution is 2.30. The number of rotatable bonds is 2. The maximum atomic E-state index is 11.7. The highest BCUT2D eigenvalue weighted by atomic mass is 16.2. The second kappa shape index (κ2) is 3.90. The van der Waals surface area contributed by atoms with Crippen LogP contribution in [0.15, 0.2) is 24.3 Å². The van der Waals surface area contributed by atoms with Gasteiger partial charge in [-0.25, -0.2) is 0 Å². The van der Waals surface area contributed by atoms with E-state index in [1.807, 2.05) is 36.2 Å². The van der Waals surface area contributed by atoms with E-state index in [9.17, 15) is 4.79 Å². The summed E-state index contributed by atoms with van der Waals surface area (Å²) in [4.78, 5) is 13.7. The lowest BCUT2D eigenvalue weighted by molar-refractivity contribution is -0.117. The first kappa shape index (κ1) is 9.98. The van der Waals surface area contributed by atoms with Crippen LogP contribution in [0.1, 0.15) is 6.42 Å². The Morgan fingerprint density at radius 2 is 2.20 bits per heavy atom. The molecule has 80 valence electrons. The summed E-state index contributed by atoms with van der Waals surface area (Å²) in [6.45, 7) is 0.518. The molecule has 0 radical (unpaired) electrons. The van der Waals surface area contributed by atoms with Crippen molar-refractivity contribution in [2.75, 3.05) is 23.8 Å². The van der Waals surface area contributed by atoms with Crippen LogP contribution in [-0.4, -0.2) is 25.5 Å². The number of anilines is 2. The molecule has 1 atom stereocenters. The van der Waals surface area contributed by atoms with Gasteiger partial charge in [0.1, 0.15) is 6.04 Å². The number of amides is 1. The quantitative estimate of drug-likeness (QED) is 0.750. The van der Waals surface area contributed by atoms with Crippen molar-refractivity contribution < 1.29 is 4.79 Å². The van der Waals surface area contributed by atoms with E-state index in [2.05, 4.69) is 5.32 Å². The van der Waals surface area contributed by atoms with E-state index in [1.165, 1.54) is 0 Å². The fraction of sp³-hybridized carbons (Fsp3) is 0.364. The molecule has 0 spiro atoms. The predicted molar refractivity (Wildman–Crippen MR) is 60.9 cm³/mol. The topological polar surface area (TPSA) is 58.4 Å². The van der Waals surface area contributed by atoms with Gasteiger partial charge in [0.2, 0.25) is 5.91 Å². The predicted octanol–water partition coefficient (Wildman–Crippen LogP) is 0.792. The zero-order valence-electron chi connectivity index (χ0n) is 8.73. The number of hydrogen-bond acceptors (Lipinski definition) is 3. The van der Waals surface area contributed by atoms with Crippen LogP contribution in [0.25, 0.3) is 0 Å². The molecular weight excluding hydrogens is 190 g/mol. The number of carbonyl (C=O) groups excluding carboxylic acids is 1. The molecule has 0 aromatic heterocycles. The van der Waals surface area contributed by atoms with Gasteiger partial charge in [0.25, 0.3) is 0 Å². The number of benzene rings is 1. The van der Waals surface area contributed by atoms with E-state index in [4.69, 9.17) is 5.73 Å². The van der Waals surface area contributed by atoms with Gasteiger partial charge in [0, 0.05) is 7.05 Å². The summed E-state index contributed by atoms with van der Waals surface area (Å²) in [5.41, 5.74) is 7.42. The van der Waals surface area contributed by atoms with Crippen molar-refractivity contribution in [2.45, 2.75) is 12.5 Å². The van der Waals surface area contributed by atoms with E-state index in [0.717, 1.165) is 11.4 Å². The number of para-hydroxylation sites is 2. The Kier molecular flexibility index (Phi) is 2.60. The molecule has 1 aliphatic heterocycles. The van der Waals surface area contributed by atoms with E-state index < -0.39 is 0 Å². The van der Waals surface area contributed by atoms with Crippen LogP contribution >= 0.6 is 0 Å². The maximum Gasteiger partial charge on any atom is 0.247 e. The molecule has 1 aliphatic rings. The zero-order chi connectivity index (χ0) is 10.8. The molecule has 0 saturated carbocycles. The van der Waals surface area contributed by atoms with Crippen molar-refractivity contribution in [1.29, 1.82) is 0 Å². The highest BCUT2D eigenvalue weighted by Gasteiger charge is 2.29. The first-order chi connectivity index (χ1) is 7.24. The van der Waals surface area contributed by atoms with Crippen LogP contribution in [0.3, 0.4) is 0 Å². The number of likely N-dealkylation sites (N-methyl/N-ethyl adjacent to an activating group) is 1. The lowest BCUT2D eigenvalue weighted by Gasteiger charge is -2.34. The lowest BCUT2D eigenvalue weighted by Crippen LogP contribution is -2.46. The molecule has 3 N–H and O–H groups in total. The monoisotopic (exact) mass is 205 g/mol. The smallest absolute Gasteiger partial charge is 0.247 e. The van der Waals surface area contributed by atoms with Crippen molar-refractivity contribution >= 4 is 17.3 Å². The fourth-order valence-electron chi connectivity index (χ4n) is 1.93. The molecule has 1 heterocycles. The molecule has 2 rings (SSSR count). The summed E-state index contributed by atoms with van der Waals surface area (Å²) in [6, 6.07) is 7.63. The Labute approximate surface area is 89.1 Å². The van der Waals surface area contributed by atoms with Crippen molar-refractivity contribution in [3.8, 4) is 0 Å². The van der Waals surface area contributed by atoms with E-state index >= 15 is 0 Å². The van der Waals surface area contributed by atoms with Crippen LogP contribution in [-0.2, 0) is 4.79 Å². The molecule has 1 unspecified atom stereocenters. The van der Waals surface area contributed by atoms with Crippen LogP contribution in [0.2, 0.25) is 0 Å². The Balaban J connectivity index is 2.34. The summed E-state index contributed by atoms with van der Waals surface area (Å²) < 4.78 is 0. The maximum absolute atomic E-state index is 11.7. The fourth-order valence-corrected chi connectivity index (χ4v) is 1.93. The molecular formula is C11H15N3O. The molecule has 15 heavy (non-hydrogen) atoms. The minimum Gasteiger partial charge on any atom is -0.361 e. The molecule has 4 heteroatoms. The lowest BCUT2D eigenvalue weighted by atomic mass is 10.1. The van der Waals surface area contributed by atoms with E-state index in [-0.39, 0.29) is 11.9 Å². The average Bonchev–Trinajstić information content (AvgIpc) is 2.24. The number of carbonyl (C=O) groups is 1. The Bertz CT molecular complexity index is 378. The number of fused-ring (bicyclic) bond motifs is 1. The van der Waals surface area contributed by atoms with Gasteiger partial charge in [-0.1, -0.05) is 12.1 Å². The van der Waals surface area contributed by atoms with Gasteiger partial charge in [-0.05, 0) is 25.1 Å². The summed E-state index contributed by atoms with van der Waals surface area (Å²) in [6.07, 6.45) is 0.677. The molecule has 0 fully saturated rings. The summed E-state index contributed by atoms with van der Waals surface area (Å²) >= 11 is 0. The summed E-state index contributed by atoms with van der Waals surface area (Å²) in [5.74, 6) is 0.0293. The Hall–Kier alpha value is -1.55. The summed E-state index contributed by atoms with van der Waals surface area (Å²) in [5, 5.41) is 2.89. The van der Waals surface area contributed by atoms with Crippen molar-refractivity contribution in [1.82, 2.24) is 0 Å². The number of nitrogens with one attached hydrogen (secondary N) is 1. The van der Waals surface area contributed by atoms with Crippen molar-refractivity contribution in [2.24, 2.45) is 5.73 Å². The first-order valence-corrected chi connectivity index (χ1v) is 5.07. The summed E-state index contributed by atoms with van der Waals surface area (Å²) in [7, 11) is 1.93. The van der Waals surface area contributed by atoms with E-state index in [1.54, 1.807) is 0 Å². The first-order valence-electron chi connectivity index (χ1n) is 5.07. The van der Waals surface area contributed by atoms with Crippen LogP contribution < -0.4 is 16.0 Å². The normalized spacial score (nSPS) is 19.7. The van der Waals surface area contributed by atoms with E-state index in [0.29, 0.717) is 13.0 Å². The number of nitrogens with two attached hydrogens (primary N) is 1. The second-order valence-electron chi connectivity index (χ2n) is 3.71. The molecule has 1 aromatic carbocycles. The minimum absolute atomic E-state index is 0.0293. The van der Waals surface area contributed by atoms with Gasteiger partial charge in [-0.3, -0.25) is 4.79 Å². The molecule has 0 saturated heterocycles. The van der Waals surface area contributed by atoms with Gasteiger partial charge in [0.05, 0.1) is 11.4 Å². The third-order valence-electron chi connectivity index (χ3n) is 2.75. The minimum atomic E-state index is -0.148. The molecule has 0 aliphatic carbocycles. The van der Waals surface area contributed by atoms with Gasteiger partial charge in [-0.15, -0.1) is 0 Å². The van der Waals surface area contributed by atoms with Gasteiger partial charge in [-0.2, -0.15) is 0 Å². The standard InChI is InChI=1S/C11H15N3O/c1-14-9-5-3-2-4-8(9)13-11(15)10(14)6-7-12/h2-5,10H,6-7,12H2,1H3,(H,13,15). The molecule has 1 aromatic rings. The number of nitrogens with zero attached hydrogens (tertiary/aromatic N) is 1. The zero-order valence-corrected chi connectivity index (χ0v) is 8.73. The number of hydrogen-bond donors (Lipinski definition) is 2. The molecule has 4 nitrogen and oxygen atoms in total. The van der Waals surface area contributed by atoms with Gasteiger partial charge in [0.15, 0.2) is 0 Å². The highest BCUT2D eigenvalue weighted by molar-refractivity contribution is 6.03. The van der Waals surface area contributed by atoms with Crippen molar-refractivity contribution in [3.05, 3.63) is 24.3 Å². The van der Waals surface area contributed by atoms with Crippen LogP contribution in [0.4, 0.5) is 11.4 Å². The largest absolute Gasteiger partial charge is 0.361 e. The Morgan fingerprint density at radius 3 is 2.93 bits per heavy atom. The molecule has 1 amide bonds. The van der Waals surface area contributed by atoms with Gasteiger partial charge >= 0.3 is 0 Å². The average molecular weight is 205 g/mol. The van der Waals surface area contributed by atoms with Crippen molar-refractivity contribution in [3.63, 3.8) is 0 Å². The van der Waals surface area contributed by atoms with Gasteiger partial charge < -0.3 is 16.0 Å².